The van der Waals surface area contributed by atoms with Gasteiger partial charge in [-0.1, -0.05) is 0 Å². The quantitative estimate of drug-likeness (QED) is 0.687. The summed E-state index contributed by atoms with van der Waals surface area (Å²) in [6, 6.07) is 6.85. The van der Waals surface area contributed by atoms with E-state index in [0.29, 0.717) is 17.0 Å². The molecule has 0 bridgehead atoms. The number of rotatable bonds is 5. The normalized spacial score (nSPS) is 10.7. The molecule has 9 heteroatoms. The van der Waals surface area contributed by atoms with E-state index in [4.69, 9.17) is 10.00 Å². The molecule has 0 aliphatic rings. The molecule has 3 N–H and O–H groups in total. The van der Waals surface area contributed by atoms with Crippen LogP contribution in [0.3, 0.4) is 0 Å². The van der Waals surface area contributed by atoms with Crippen molar-refractivity contribution in [3.05, 3.63) is 35.8 Å². The predicted octanol–water partition coefficient (Wildman–Crippen LogP) is 0.544. The van der Waals surface area contributed by atoms with Gasteiger partial charge in [-0.2, -0.15) is 10.5 Å². The second-order valence-electron chi connectivity index (χ2n) is 4.04. The van der Waals surface area contributed by atoms with Crippen molar-refractivity contribution in [1.29, 1.82) is 5.26 Å². The molecule has 0 saturated carbocycles. The van der Waals surface area contributed by atoms with Crippen molar-refractivity contribution in [2.24, 2.45) is 0 Å². The van der Waals surface area contributed by atoms with E-state index in [1.165, 1.54) is 13.3 Å². The molecule has 1 aromatic heterocycles. The monoisotopic (exact) mass is 299 g/mol. The summed E-state index contributed by atoms with van der Waals surface area (Å²) in [6.45, 7) is 0. The molecular formula is C13H13N7O2. The Hall–Kier alpha value is -3.41. The van der Waals surface area contributed by atoms with E-state index in [1.807, 2.05) is 6.07 Å². The Morgan fingerprint density at radius 2 is 2.32 bits per heavy atom. The highest BCUT2D eigenvalue weighted by Crippen LogP contribution is 2.26. The Kier molecular flexibility index (Phi) is 4.66. The maximum atomic E-state index is 11.7. The molecule has 0 spiro atoms. The number of benzene rings is 1. The van der Waals surface area contributed by atoms with Gasteiger partial charge >= 0.3 is 0 Å². The lowest BCUT2D eigenvalue weighted by Gasteiger charge is -2.10. The van der Waals surface area contributed by atoms with Crippen LogP contribution in [0.25, 0.3) is 5.57 Å². The van der Waals surface area contributed by atoms with Crippen molar-refractivity contribution in [2.45, 2.75) is 0 Å². The molecule has 112 valence electrons. The van der Waals surface area contributed by atoms with Crippen LogP contribution in [0, 0.1) is 11.3 Å². The van der Waals surface area contributed by atoms with Crippen LogP contribution < -0.4 is 15.4 Å². The summed E-state index contributed by atoms with van der Waals surface area (Å²) in [5.74, 6) is 0.457. The summed E-state index contributed by atoms with van der Waals surface area (Å²) in [5.41, 5.74) is 1.17. The van der Waals surface area contributed by atoms with E-state index >= 15 is 0 Å². The lowest BCUT2D eigenvalue weighted by molar-refractivity contribution is 0.0963. The third-order valence-corrected chi connectivity index (χ3v) is 2.77. The van der Waals surface area contributed by atoms with Gasteiger partial charge in [0.05, 0.1) is 12.8 Å². The van der Waals surface area contributed by atoms with Crippen molar-refractivity contribution in [3.8, 4) is 11.8 Å². The number of anilines is 1. The second-order valence-corrected chi connectivity index (χ2v) is 4.04. The first-order valence-corrected chi connectivity index (χ1v) is 6.20. The van der Waals surface area contributed by atoms with Crippen molar-refractivity contribution in [2.75, 3.05) is 19.5 Å². The number of amides is 1. The van der Waals surface area contributed by atoms with Crippen molar-refractivity contribution in [3.63, 3.8) is 0 Å². The number of tetrazole rings is 1. The average molecular weight is 299 g/mol. The van der Waals surface area contributed by atoms with Crippen LogP contribution in [0.4, 0.5) is 5.69 Å². The number of carbonyl (C=O) groups excluding carboxylic acids is 1. The topological polar surface area (TPSA) is 129 Å². The van der Waals surface area contributed by atoms with Gasteiger partial charge in [0, 0.05) is 18.8 Å². The molecule has 0 fully saturated rings. The number of hydrogen-bond acceptors (Lipinski definition) is 7. The predicted molar refractivity (Wildman–Crippen MR) is 77.8 cm³/mol. The van der Waals surface area contributed by atoms with E-state index in [2.05, 4.69) is 31.3 Å². The van der Waals surface area contributed by atoms with Crippen LogP contribution in [-0.2, 0) is 0 Å². The number of nitrogens with one attached hydrogen (secondary N) is 3. The number of carbonyl (C=O) groups is 1. The Balaban J connectivity index is 2.31. The van der Waals surface area contributed by atoms with Crippen molar-refractivity contribution < 1.29 is 9.53 Å². The summed E-state index contributed by atoms with van der Waals surface area (Å²) < 4.78 is 5.21. The number of hydrogen-bond donors (Lipinski definition) is 3. The van der Waals surface area contributed by atoms with Gasteiger partial charge in [-0.15, -0.1) is 10.2 Å². The molecule has 0 unspecified atom stereocenters. The summed E-state index contributed by atoms with van der Waals surface area (Å²) in [4.78, 5) is 11.7. The van der Waals surface area contributed by atoms with Gasteiger partial charge in [0.2, 0.25) is 5.82 Å². The van der Waals surface area contributed by atoms with E-state index in [-0.39, 0.29) is 17.3 Å². The maximum Gasteiger partial charge on any atom is 0.251 e. The number of aromatic nitrogens is 4. The third-order valence-electron chi connectivity index (χ3n) is 2.77. The lowest BCUT2D eigenvalue weighted by Crippen LogP contribution is -2.17. The van der Waals surface area contributed by atoms with E-state index in [1.54, 1.807) is 25.2 Å². The average Bonchev–Trinajstić information content (AvgIpc) is 3.09. The van der Waals surface area contributed by atoms with Gasteiger partial charge in [0.15, 0.2) is 0 Å². The number of H-pyrrole nitrogens is 1. The fourth-order valence-corrected chi connectivity index (χ4v) is 1.68. The third kappa shape index (κ3) is 3.18. The number of allylic oxidation sites excluding steroid dienone is 1. The second kappa shape index (κ2) is 6.85. The zero-order valence-electron chi connectivity index (χ0n) is 11.9. The molecule has 0 atom stereocenters. The van der Waals surface area contributed by atoms with Gasteiger partial charge in [-0.05, 0) is 23.4 Å². The molecule has 2 rings (SSSR count). The van der Waals surface area contributed by atoms with Gasteiger partial charge < -0.3 is 15.4 Å². The van der Waals surface area contributed by atoms with Crippen molar-refractivity contribution >= 4 is 17.2 Å². The van der Waals surface area contributed by atoms with Crippen LogP contribution in [0.5, 0.6) is 5.75 Å². The minimum Gasteiger partial charge on any atom is -0.495 e. The minimum absolute atomic E-state index is 0.163. The van der Waals surface area contributed by atoms with Gasteiger partial charge in [0.25, 0.3) is 5.91 Å². The Labute approximate surface area is 126 Å². The fourth-order valence-electron chi connectivity index (χ4n) is 1.68. The molecule has 0 radical (unpaired) electrons. The minimum atomic E-state index is -0.228. The highest BCUT2D eigenvalue weighted by molar-refractivity contribution is 5.95. The molecule has 1 heterocycles. The zero-order chi connectivity index (χ0) is 15.9. The lowest BCUT2D eigenvalue weighted by atomic mass is 10.1. The molecule has 2 aromatic rings. The SMILES string of the molecule is CNC(=O)c1ccc(OC)c(NC=C(C#N)c2nn[nH]n2)c1. The number of aromatic amines is 1. The van der Waals surface area contributed by atoms with Gasteiger partial charge in [-0.3, -0.25) is 4.79 Å². The molecule has 0 aliphatic heterocycles. The molecule has 1 aromatic carbocycles. The molecule has 0 aliphatic carbocycles. The van der Waals surface area contributed by atoms with E-state index in [0.717, 1.165) is 0 Å². The molecule has 0 saturated heterocycles. The highest BCUT2D eigenvalue weighted by atomic mass is 16.5. The molecule has 1 amide bonds. The van der Waals surface area contributed by atoms with Crippen LogP contribution in [-0.4, -0.2) is 40.7 Å². The first-order chi connectivity index (χ1) is 10.7. The number of methoxy groups -OCH3 is 1. The first-order valence-electron chi connectivity index (χ1n) is 6.20. The van der Waals surface area contributed by atoms with Gasteiger partial charge in [0.1, 0.15) is 17.4 Å². The van der Waals surface area contributed by atoms with Gasteiger partial charge in [-0.25, -0.2) is 0 Å². The summed E-state index contributed by atoms with van der Waals surface area (Å²) in [7, 11) is 3.05. The summed E-state index contributed by atoms with van der Waals surface area (Å²) in [5, 5.41) is 27.7. The standard InChI is InChI=1S/C13H13N7O2/c1-15-13(21)8-3-4-11(22-2)10(5-8)16-7-9(6-14)12-17-19-20-18-12/h3-5,7,16H,1-2H3,(H,15,21)(H,17,18,19,20). The first kappa shape index (κ1) is 15.0. The molecular weight excluding hydrogens is 286 g/mol. The Morgan fingerprint density at radius 1 is 1.50 bits per heavy atom. The summed E-state index contributed by atoms with van der Waals surface area (Å²) in [6.07, 6.45) is 1.41. The van der Waals surface area contributed by atoms with Crippen LogP contribution in [0.1, 0.15) is 16.2 Å². The number of nitrogens with zero attached hydrogens (tertiary/aromatic N) is 4. The highest BCUT2D eigenvalue weighted by Gasteiger charge is 2.10. The number of nitriles is 1. The van der Waals surface area contributed by atoms with E-state index in [9.17, 15) is 4.79 Å². The van der Waals surface area contributed by atoms with Crippen molar-refractivity contribution in [1.82, 2.24) is 25.9 Å². The van der Waals surface area contributed by atoms with Crippen LogP contribution in [0.2, 0.25) is 0 Å². The maximum absolute atomic E-state index is 11.7. The largest absolute Gasteiger partial charge is 0.495 e. The number of ether oxygens (including phenoxy) is 1. The Morgan fingerprint density at radius 3 is 2.91 bits per heavy atom. The van der Waals surface area contributed by atoms with E-state index < -0.39 is 0 Å². The Bertz CT molecular complexity index is 731. The van der Waals surface area contributed by atoms with Crippen LogP contribution in [0.15, 0.2) is 24.4 Å². The molecule has 9 nitrogen and oxygen atoms in total. The van der Waals surface area contributed by atoms with Crippen LogP contribution >= 0.6 is 0 Å². The molecule has 22 heavy (non-hydrogen) atoms. The fraction of sp³-hybridized carbons (Fsp3) is 0.154. The summed E-state index contributed by atoms with van der Waals surface area (Å²) >= 11 is 0. The zero-order valence-corrected chi connectivity index (χ0v) is 11.9. The smallest absolute Gasteiger partial charge is 0.251 e.